The Hall–Kier alpha value is -1.47. The van der Waals surface area contributed by atoms with Crippen LogP contribution in [0.2, 0.25) is 0 Å². The van der Waals surface area contributed by atoms with Crippen molar-refractivity contribution in [2.24, 2.45) is 0 Å². The van der Waals surface area contributed by atoms with E-state index in [0.717, 1.165) is 51.4 Å². The van der Waals surface area contributed by atoms with E-state index in [1.807, 2.05) is 0 Å². The van der Waals surface area contributed by atoms with E-state index >= 15 is 0 Å². The molecule has 4 unspecified atom stereocenters. The van der Waals surface area contributed by atoms with Crippen LogP contribution in [0.1, 0.15) is 213 Å². The van der Waals surface area contributed by atoms with Crippen molar-refractivity contribution < 1.29 is 25.2 Å². The summed E-state index contributed by atoms with van der Waals surface area (Å²) >= 11 is 0. The minimum atomic E-state index is -1.29. The van der Waals surface area contributed by atoms with Gasteiger partial charge in [-0.25, -0.2) is 0 Å². The third-order valence-electron chi connectivity index (χ3n) is 10.1. The molecule has 0 aliphatic carbocycles. The van der Waals surface area contributed by atoms with Crippen LogP contribution in [0.25, 0.3) is 0 Å². The Balaban J connectivity index is 3.83. The Labute approximate surface area is 316 Å². The lowest BCUT2D eigenvalue weighted by Gasteiger charge is -2.27. The van der Waals surface area contributed by atoms with E-state index in [2.05, 4.69) is 55.6 Å². The van der Waals surface area contributed by atoms with Crippen LogP contribution in [0.5, 0.6) is 0 Å². The van der Waals surface area contributed by atoms with Crippen molar-refractivity contribution in [3.8, 4) is 0 Å². The van der Waals surface area contributed by atoms with E-state index in [4.69, 9.17) is 0 Å². The quantitative estimate of drug-likeness (QED) is 0.0321. The van der Waals surface area contributed by atoms with Gasteiger partial charge in [-0.2, -0.15) is 0 Å². The summed E-state index contributed by atoms with van der Waals surface area (Å²) in [6, 6.07) is -1.01. The zero-order valence-corrected chi connectivity index (χ0v) is 33.6. The van der Waals surface area contributed by atoms with Gasteiger partial charge in [-0.1, -0.05) is 172 Å². The van der Waals surface area contributed by atoms with E-state index in [-0.39, 0.29) is 0 Å². The number of hydrogen-bond acceptors (Lipinski definition) is 5. The second-order valence-corrected chi connectivity index (χ2v) is 15.0. The highest BCUT2D eigenvalue weighted by molar-refractivity contribution is 5.80. The molecular weight excluding hydrogens is 634 g/mol. The van der Waals surface area contributed by atoms with E-state index in [0.29, 0.717) is 19.3 Å². The van der Waals surface area contributed by atoms with Crippen LogP contribution in [-0.2, 0) is 4.79 Å². The Morgan fingerprint density at radius 1 is 0.471 bits per heavy atom. The summed E-state index contributed by atoms with van der Waals surface area (Å²) < 4.78 is 0. The molecule has 0 rings (SSSR count). The minimum absolute atomic E-state index is 0.352. The van der Waals surface area contributed by atoms with Gasteiger partial charge < -0.3 is 25.7 Å². The SMILES string of the molecule is CCCCCCCC/C=C\CCCCCCCCC(O)C(=O)NC(CO)C(O)C(O)CCC/C=C/CC/C=C/CCCCCCCCCCCC. The number of carbonyl (C=O) groups is 1. The lowest BCUT2D eigenvalue weighted by molar-refractivity contribution is -0.132. The summed E-state index contributed by atoms with van der Waals surface area (Å²) in [6.07, 6.45) is 46.0. The van der Waals surface area contributed by atoms with Crippen molar-refractivity contribution in [1.82, 2.24) is 5.32 Å². The normalized spacial score (nSPS) is 14.5. The highest BCUT2D eigenvalue weighted by Gasteiger charge is 2.28. The van der Waals surface area contributed by atoms with Crippen molar-refractivity contribution in [3.05, 3.63) is 36.5 Å². The van der Waals surface area contributed by atoms with Crippen molar-refractivity contribution >= 4 is 5.91 Å². The zero-order chi connectivity index (χ0) is 37.5. The number of aliphatic hydroxyl groups excluding tert-OH is 4. The maximum Gasteiger partial charge on any atom is 0.249 e. The van der Waals surface area contributed by atoms with Crippen molar-refractivity contribution in [2.45, 2.75) is 237 Å². The summed E-state index contributed by atoms with van der Waals surface area (Å²) in [5.74, 6) is -0.603. The summed E-state index contributed by atoms with van der Waals surface area (Å²) in [6.45, 7) is 4.02. The molecule has 0 radical (unpaired) electrons. The van der Waals surface area contributed by atoms with Gasteiger partial charge in [0.25, 0.3) is 0 Å². The van der Waals surface area contributed by atoms with Gasteiger partial charge in [0.1, 0.15) is 12.2 Å². The maximum atomic E-state index is 12.5. The lowest BCUT2D eigenvalue weighted by Crippen LogP contribution is -2.53. The number of nitrogens with one attached hydrogen (secondary N) is 1. The number of unbranched alkanes of at least 4 members (excludes halogenated alkanes) is 24. The van der Waals surface area contributed by atoms with Crippen molar-refractivity contribution in [1.29, 1.82) is 0 Å². The van der Waals surface area contributed by atoms with Crippen LogP contribution in [0.15, 0.2) is 36.5 Å². The zero-order valence-electron chi connectivity index (χ0n) is 33.6. The molecule has 300 valence electrons. The van der Waals surface area contributed by atoms with Gasteiger partial charge >= 0.3 is 0 Å². The standard InChI is InChI=1S/C45H85NO5/c1-3-5-7-9-11-13-15-17-19-21-22-23-25-26-28-30-32-34-36-38-42(48)44(50)41(40-47)46-45(51)43(49)39-37-35-33-31-29-27-24-20-18-16-14-12-10-8-6-4-2/h18,20,23,25,30,32,41-44,47-50H,3-17,19,21-22,24,26-29,31,33-40H2,1-2H3,(H,46,51)/b20-18-,25-23+,32-30+. The molecule has 6 nitrogen and oxygen atoms in total. The van der Waals surface area contributed by atoms with Gasteiger partial charge in [0.05, 0.1) is 18.8 Å². The third-order valence-corrected chi connectivity index (χ3v) is 10.1. The number of rotatable bonds is 39. The molecule has 0 aromatic rings. The summed E-state index contributed by atoms with van der Waals surface area (Å²) in [5.41, 5.74) is 0. The number of allylic oxidation sites excluding steroid dienone is 6. The average Bonchev–Trinajstić information content (AvgIpc) is 3.13. The largest absolute Gasteiger partial charge is 0.394 e. The van der Waals surface area contributed by atoms with Crippen LogP contribution in [0, 0.1) is 0 Å². The Morgan fingerprint density at radius 3 is 1.24 bits per heavy atom. The fourth-order valence-electron chi connectivity index (χ4n) is 6.53. The second kappa shape index (κ2) is 39.7. The Kier molecular flexibility index (Phi) is 38.6. The number of carbonyl (C=O) groups excluding carboxylic acids is 1. The van der Waals surface area contributed by atoms with Gasteiger partial charge in [0, 0.05) is 0 Å². The molecule has 0 aromatic heterocycles. The van der Waals surface area contributed by atoms with Gasteiger partial charge in [0.2, 0.25) is 5.91 Å². The van der Waals surface area contributed by atoms with Gasteiger partial charge in [-0.05, 0) is 77.0 Å². The summed E-state index contributed by atoms with van der Waals surface area (Å²) in [7, 11) is 0. The van der Waals surface area contributed by atoms with Gasteiger partial charge in [-0.3, -0.25) is 4.79 Å². The Morgan fingerprint density at radius 2 is 0.824 bits per heavy atom. The fraction of sp³-hybridized carbons (Fsp3) is 0.844. The first kappa shape index (κ1) is 49.5. The van der Waals surface area contributed by atoms with E-state index in [9.17, 15) is 25.2 Å². The molecule has 0 heterocycles. The second-order valence-electron chi connectivity index (χ2n) is 15.0. The molecule has 51 heavy (non-hydrogen) atoms. The molecule has 6 heteroatoms. The van der Waals surface area contributed by atoms with Crippen LogP contribution < -0.4 is 5.32 Å². The lowest BCUT2D eigenvalue weighted by atomic mass is 10.00. The van der Waals surface area contributed by atoms with Crippen LogP contribution >= 0.6 is 0 Å². The highest BCUT2D eigenvalue weighted by atomic mass is 16.3. The highest BCUT2D eigenvalue weighted by Crippen LogP contribution is 2.14. The molecule has 0 spiro atoms. The third kappa shape index (κ3) is 34.1. The molecule has 0 fully saturated rings. The molecule has 0 aromatic carbocycles. The van der Waals surface area contributed by atoms with Crippen LogP contribution in [0.4, 0.5) is 0 Å². The molecule has 0 aliphatic rings. The first-order chi connectivity index (χ1) is 25.0. The van der Waals surface area contributed by atoms with E-state index in [1.165, 1.54) is 128 Å². The molecule has 0 saturated heterocycles. The average molecular weight is 720 g/mol. The fourth-order valence-corrected chi connectivity index (χ4v) is 6.53. The number of amides is 1. The molecular formula is C45H85NO5. The van der Waals surface area contributed by atoms with Crippen molar-refractivity contribution in [2.75, 3.05) is 6.61 Å². The predicted octanol–water partition coefficient (Wildman–Crippen LogP) is 11.3. The molecule has 4 atom stereocenters. The minimum Gasteiger partial charge on any atom is -0.394 e. The monoisotopic (exact) mass is 720 g/mol. The number of hydrogen-bond donors (Lipinski definition) is 5. The maximum absolute atomic E-state index is 12.5. The molecule has 5 N–H and O–H groups in total. The van der Waals surface area contributed by atoms with E-state index < -0.39 is 36.9 Å². The van der Waals surface area contributed by atoms with Crippen molar-refractivity contribution in [3.63, 3.8) is 0 Å². The first-order valence-corrected chi connectivity index (χ1v) is 21.9. The van der Waals surface area contributed by atoms with Crippen LogP contribution in [0.3, 0.4) is 0 Å². The molecule has 0 bridgehead atoms. The topological polar surface area (TPSA) is 110 Å². The predicted molar refractivity (Wildman–Crippen MR) is 219 cm³/mol. The van der Waals surface area contributed by atoms with Crippen LogP contribution in [-0.4, -0.2) is 57.3 Å². The summed E-state index contributed by atoms with van der Waals surface area (Å²) in [5, 5.41) is 43.6. The van der Waals surface area contributed by atoms with Gasteiger partial charge in [-0.15, -0.1) is 0 Å². The van der Waals surface area contributed by atoms with Gasteiger partial charge in [0.15, 0.2) is 0 Å². The number of aliphatic hydroxyl groups is 4. The molecule has 0 saturated carbocycles. The smallest absolute Gasteiger partial charge is 0.249 e. The molecule has 1 amide bonds. The van der Waals surface area contributed by atoms with E-state index in [1.54, 1.807) is 0 Å². The Bertz CT molecular complexity index is 812. The molecule has 0 aliphatic heterocycles. The summed E-state index contributed by atoms with van der Waals surface area (Å²) in [4.78, 5) is 12.5. The first-order valence-electron chi connectivity index (χ1n) is 21.9.